The number of nitrogens with one attached hydrogen (secondary N) is 2. The van der Waals surface area contributed by atoms with Crippen LogP contribution < -0.4 is 10.6 Å². The predicted octanol–water partition coefficient (Wildman–Crippen LogP) is 0.467. The molecule has 0 spiro atoms. The van der Waals surface area contributed by atoms with E-state index in [0.29, 0.717) is 18.3 Å². The molecule has 14 heavy (non-hydrogen) atoms. The Morgan fingerprint density at radius 3 is 2.71 bits per heavy atom. The van der Waals surface area contributed by atoms with Crippen molar-refractivity contribution in [3.05, 3.63) is 11.7 Å². The highest BCUT2D eigenvalue weighted by Crippen LogP contribution is 1.94. The summed E-state index contributed by atoms with van der Waals surface area (Å²) in [5, 5.41) is 10.2. The van der Waals surface area contributed by atoms with Crippen LogP contribution in [-0.4, -0.2) is 29.8 Å². The van der Waals surface area contributed by atoms with Gasteiger partial charge in [-0.1, -0.05) is 12.1 Å². The van der Waals surface area contributed by atoms with Crippen LogP contribution in [0.1, 0.15) is 25.1 Å². The fraction of sp³-hybridized carbons (Fsp3) is 0.778. The monoisotopic (exact) mass is 198 g/mol. The lowest BCUT2D eigenvalue weighted by Gasteiger charge is -2.01. The molecule has 0 saturated carbocycles. The van der Waals surface area contributed by atoms with Crippen LogP contribution in [0.5, 0.6) is 0 Å². The third-order valence-corrected chi connectivity index (χ3v) is 1.80. The second-order valence-corrected chi connectivity index (χ2v) is 3.12. The molecule has 1 aromatic rings. The van der Waals surface area contributed by atoms with Gasteiger partial charge in [0, 0.05) is 0 Å². The number of aromatic nitrogens is 2. The van der Waals surface area contributed by atoms with Crippen LogP contribution in [0.3, 0.4) is 0 Å². The molecule has 0 aliphatic rings. The predicted molar refractivity (Wildman–Crippen MR) is 53.9 cm³/mol. The highest BCUT2D eigenvalue weighted by molar-refractivity contribution is 4.81. The van der Waals surface area contributed by atoms with Gasteiger partial charge in [-0.25, -0.2) is 0 Å². The molecule has 0 amide bonds. The average Bonchev–Trinajstić information content (AvgIpc) is 2.58. The van der Waals surface area contributed by atoms with Crippen molar-refractivity contribution in [2.75, 3.05) is 19.6 Å². The molecule has 0 saturated heterocycles. The Bertz CT molecular complexity index is 249. The van der Waals surface area contributed by atoms with Crippen LogP contribution in [-0.2, 0) is 6.54 Å². The standard InChI is InChI=1S/C9H18N4O/c1-3-10-5-4-6-11-7-9-12-8(2)13-14-9/h10-11H,3-7H2,1-2H3. The minimum atomic E-state index is 0.658. The highest BCUT2D eigenvalue weighted by Gasteiger charge is 2.00. The molecule has 1 heterocycles. The number of nitrogens with zero attached hydrogens (tertiary/aromatic N) is 2. The lowest BCUT2D eigenvalue weighted by Crippen LogP contribution is -2.21. The summed E-state index contributed by atoms with van der Waals surface area (Å²) < 4.78 is 4.95. The summed E-state index contributed by atoms with van der Waals surface area (Å²) >= 11 is 0. The van der Waals surface area contributed by atoms with Crippen LogP contribution in [0.25, 0.3) is 0 Å². The van der Waals surface area contributed by atoms with Gasteiger partial charge >= 0.3 is 0 Å². The van der Waals surface area contributed by atoms with Crippen LogP contribution in [0.4, 0.5) is 0 Å². The van der Waals surface area contributed by atoms with E-state index in [2.05, 4.69) is 27.7 Å². The molecule has 0 aromatic carbocycles. The molecule has 0 bridgehead atoms. The zero-order chi connectivity index (χ0) is 10.2. The smallest absolute Gasteiger partial charge is 0.240 e. The molecule has 1 aromatic heterocycles. The Kier molecular flexibility index (Phi) is 5.17. The van der Waals surface area contributed by atoms with Crippen molar-refractivity contribution < 1.29 is 4.52 Å². The Morgan fingerprint density at radius 2 is 2.07 bits per heavy atom. The maximum absolute atomic E-state index is 4.95. The molecule has 1 rings (SSSR count). The molecule has 0 aliphatic carbocycles. The molecule has 0 fully saturated rings. The first-order valence-corrected chi connectivity index (χ1v) is 5.03. The molecule has 5 nitrogen and oxygen atoms in total. The summed E-state index contributed by atoms with van der Waals surface area (Å²) in [5.41, 5.74) is 0. The fourth-order valence-corrected chi connectivity index (χ4v) is 1.12. The molecule has 0 atom stereocenters. The van der Waals surface area contributed by atoms with Gasteiger partial charge in [-0.2, -0.15) is 4.98 Å². The van der Waals surface area contributed by atoms with E-state index in [1.165, 1.54) is 0 Å². The van der Waals surface area contributed by atoms with Crippen molar-refractivity contribution in [2.45, 2.75) is 26.8 Å². The van der Waals surface area contributed by atoms with Crippen LogP contribution in [0, 0.1) is 6.92 Å². The summed E-state index contributed by atoms with van der Waals surface area (Å²) in [6.07, 6.45) is 1.11. The maximum Gasteiger partial charge on any atom is 0.240 e. The minimum absolute atomic E-state index is 0.658. The third-order valence-electron chi connectivity index (χ3n) is 1.80. The van der Waals surface area contributed by atoms with E-state index in [4.69, 9.17) is 4.52 Å². The van der Waals surface area contributed by atoms with E-state index in [-0.39, 0.29) is 0 Å². The van der Waals surface area contributed by atoms with Crippen LogP contribution >= 0.6 is 0 Å². The highest BCUT2D eigenvalue weighted by atomic mass is 16.5. The molecule has 2 N–H and O–H groups in total. The van der Waals surface area contributed by atoms with Gasteiger partial charge in [0.15, 0.2) is 5.82 Å². The van der Waals surface area contributed by atoms with Gasteiger partial charge in [-0.15, -0.1) is 0 Å². The van der Waals surface area contributed by atoms with Crippen molar-refractivity contribution in [3.63, 3.8) is 0 Å². The normalized spacial score (nSPS) is 10.7. The number of hydrogen-bond donors (Lipinski definition) is 2. The average molecular weight is 198 g/mol. The van der Waals surface area contributed by atoms with Gasteiger partial charge in [-0.3, -0.25) is 0 Å². The third kappa shape index (κ3) is 4.34. The van der Waals surface area contributed by atoms with Gasteiger partial charge in [0.05, 0.1) is 6.54 Å². The molecule has 0 radical (unpaired) electrons. The van der Waals surface area contributed by atoms with Gasteiger partial charge in [0.2, 0.25) is 5.89 Å². The topological polar surface area (TPSA) is 63.0 Å². The molecular formula is C9H18N4O. The first kappa shape index (κ1) is 11.1. The molecule has 5 heteroatoms. The van der Waals surface area contributed by atoms with Gasteiger partial charge in [-0.05, 0) is 33.0 Å². The van der Waals surface area contributed by atoms with Crippen molar-refractivity contribution in [1.82, 2.24) is 20.8 Å². The van der Waals surface area contributed by atoms with Gasteiger partial charge in [0.1, 0.15) is 0 Å². The second kappa shape index (κ2) is 6.50. The minimum Gasteiger partial charge on any atom is -0.338 e. The Hall–Kier alpha value is -0.940. The summed E-state index contributed by atoms with van der Waals surface area (Å²) in [7, 11) is 0. The second-order valence-electron chi connectivity index (χ2n) is 3.12. The summed E-state index contributed by atoms with van der Waals surface area (Å²) in [6, 6.07) is 0. The zero-order valence-corrected chi connectivity index (χ0v) is 8.84. The Labute approximate surface area is 84.3 Å². The summed E-state index contributed by atoms with van der Waals surface area (Å²) in [5.74, 6) is 1.35. The van der Waals surface area contributed by atoms with E-state index < -0.39 is 0 Å². The van der Waals surface area contributed by atoms with Crippen LogP contribution in [0.2, 0.25) is 0 Å². The SMILES string of the molecule is CCNCCCNCc1nc(C)no1. The maximum atomic E-state index is 4.95. The van der Waals surface area contributed by atoms with Gasteiger partial charge in [0.25, 0.3) is 0 Å². The number of aryl methyl sites for hydroxylation is 1. The first-order chi connectivity index (χ1) is 6.83. The van der Waals surface area contributed by atoms with E-state index >= 15 is 0 Å². The lowest BCUT2D eigenvalue weighted by molar-refractivity contribution is 0.364. The molecule has 0 unspecified atom stereocenters. The van der Waals surface area contributed by atoms with E-state index in [1.807, 2.05) is 6.92 Å². The van der Waals surface area contributed by atoms with Crippen molar-refractivity contribution >= 4 is 0 Å². The lowest BCUT2D eigenvalue weighted by atomic mass is 10.4. The Balaban J connectivity index is 1.99. The summed E-state index contributed by atoms with van der Waals surface area (Å²) in [4.78, 5) is 4.09. The number of hydrogen-bond acceptors (Lipinski definition) is 5. The summed E-state index contributed by atoms with van der Waals surface area (Å²) in [6.45, 7) is 7.63. The Morgan fingerprint density at radius 1 is 1.29 bits per heavy atom. The van der Waals surface area contributed by atoms with Crippen molar-refractivity contribution in [1.29, 1.82) is 0 Å². The first-order valence-electron chi connectivity index (χ1n) is 5.03. The van der Waals surface area contributed by atoms with E-state index in [9.17, 15) is 0 Å². The molecule has 0 aliphatic heterocycles. The van der Waals surface area contributed by atoms with Crippen molar-refractivity contribution in [2.24, 2.45) is 0 Å². The fourth-order valence-electron chi connectivity index (χ4n) is 1.12. The van der Waals surface area contributed by atoms with Crippen molar-refractivity contribution in [3.8, 4) is 0 Å². The van der Waals surface area contributed by atoms with E-state index in [1.54, 1.807) is 0 Å². The van der Waals surface area contributed by atoms with Gasteiger partial charge < -0.3 is 15.2 Å². The quantitative estimate of drug-likeness (QED) is 0.623. The number of rotatable bonds is 7. The molecular weight excluding hydrogens is 180 g/mol. The molecule has 80 valence electrons. The van der Waals surface area contributed by atoms with Crippen LogP contribution in [0.15, 0.2) is 4.52 Å². The van der Waals surface area contributed by atoms with E-state index in [0.717, 1.165) is 26.1 Å². The largest absolute Gasteiger partial charge is 0.338 e. The zero-order valence-electron chi connectivity index (χ0n) is 8.84.